The van der Waals surface area contributed by atoms with E-state index in [-0.39, 0.29) is 16.8 Å². The van der Waals surface area contributed by atoms with Crippen molar-refractivity contribution in [3.05, 3.63) is 18.0 Å². The molecule has 21 heavy (non-hydrogen) atoms. The Labute approximate surface area is 126 Å². The van der Waals surface area contributed by atoms with Crippen LogP contribution >= 0.6 is 0 Å². The zero-order chi connectivity index (χ0) is 15.8. The average Bonchev–Trinajstić information content (AvgIpc) is 3.11. The Morgan fingerprint density at radius 2 is 2.10 bits per heavy atom. The van der Waals surface area contributed by atoms with Gasteiger partial charge in [0.2, 0.25) is 10.0 Å². The van der Waals surface area contributed by atoms with Crippen LogP contribution in [0.15, 0.2) is 17.2 Å². The fourth-order valence-electron chi connectivity index (χ4n) is 2.40. The molecule has 118 valence electrons. The minimum absolute atomic E-state index is 0.00649. The highest BCUT2D eigenvalue weighted by molar-refractivity contribution is 7.89. The second-order valence-electron chi connectivity index (χ2n) is 5.97. The van der Waals surface area contributed by atoms with E-state index in [0.717, 1.165) is 12.8 Å². The highest BCUT2D eigenvalue weighted by Gasteiger charge is 2.34. The van der Waals surface area contributed by atoms with E-state index in [4.69, 9.17) is 5.14 Å². The van der Waals surface area contributed by atoms with Gasteiger partial charge in [0.1, 0.15) is 10.6 Å². The summed E-state index contributed by atoms with van der Waals surface area (Å²) in [5, 5.41) is 5.16. The molecule has 1 aliphatic carbocycles. The summed E-state index contributed by atoms with van der Waals surface area (Å²) in [6, 6.07) is 1.68. The molecule has 7 heteroatoms. The van der Waals surface area contributed by atoms with Crippen molar-refractivity contribution in [3.8, 4) is 0 Å². The third kappa shape index (κ3) is 3.65. The van der Waals surface area contributed by atoms with Crippen LogP contribution in [0.5, 0.6) is 0 Å². The molecule has 0 bridgehead atoms. The Hall–Kier alpha value is -1.34. The number of carbonyl (C=O) groups excluding carboxylic acids is 1. The van der Waals surface area contributed by atoms with E-state index in [0.29, 0.717) is 24.7 Å². The predicted molar refractivity (Wildman–Crippen MR) is 80.4 cm³/mol. The van der Waals surface area contributed by atoms with Crippen LogP contribution < -0.4 is 5.14 Å². The highest BCUT2D eigenvalue weighted by atomic mass is 32.2. The summed E-state index contributed by atoms with van der Waals surface area (Å²) < 4.78 is 24.6. The summed E-state index contributed by atoms with van der Waals surface area (Å²) in [6.07, 6.45) is 3.48. The maximum absolute atomic E-state index is 12.8. The van der Waals surface area contributed by atoms with Crippen molar-refractivity contribution in [2.45, 2.75) is 51.1 Å². The third-order valence-corrected chi connectivity index (χ3v) is 4.45. The van der Waals surface area contributed by atoms with Gasteiger partial charge in [-0.1, -0.05) is 13.8 Å². The number of aromatic nitrogens is 1. The van der Waals surface area contributed by atoms with Gasteiger partial charge >= 0.3 is 0 Å². The van der Waals surface area contributed by atoms with E-state index < -0.39 is 10.0 Å². The van der Waals surface area contributed by atoms with Crippen molar-refractivity contribution < 1.29 is 13.2 Å². The monoisotopic (exact) mass is 313 g/mol. The van der Waals surface area contributed by atoms with Crippen LogP contribution in [0.1, 0.15) is 44.1 Å². The molecule has 0 atom stereocenters. The second kappa shape index (κ2) is 5.81. The molecule has 1 amide bonds. The van der Waals surface area contributed by atoms with Crippen molar-refractivity contribution in [1.29, 1.82) is 0 Å². The maximum atomic E-state index is 12.8. The molecule has 2 rings (SSSR count). The topological polar surface area (TPSA) is 85.4 Å². The summed E-state index contributed by atoms with van der Waals surface area (Å²) in [5.41, 5.74) is 0.397. The first kappa shape index (κ1) is 16.0. The molecule has 1 aromatic rings. The van der Waals surface area contributed by atoms with Crippen molar-refractivity contribution in [1.82, 2.24) is 9.47 Å². The number of aryl methyl sites for hydroxylation is 1. The minimum atomic E-state index is -3.79. The van der Waals surface area contributed by atoms with Crippen molar-refractivity contribution >= 4 is 15.9 Å². The predicted octanol–water partition coefficient (Wildman–Crippen LogP) is 1.42. The highest BCUT2D eigenvalue weighted by Crippen LogP contribution is 2.29. The summed E-state index contributed by atoms with van der Waals surface area (Å²) in [7, 11) is -3.79. The van der Waals surface area contributed by atoms with Crippen LogP contribution in [0.3, 0.4) is 0 Å². The van der Waals surface area contributed by atoms with Gasteiger partial charge in [0.15, 0.2) is 0 Å². The number of primary sulfonamides is 1. The van der Waals surface area contributed by atoms with E-state index in [1.165, 1.54) is 12.3 Å². The van der Waals surface area contributed by atoms with Crippen LogP contribution in [0, 0.1) is 5.92 Å². The van der Waals surface area contributed by atoms with E-state index >= 15 is 0 Å². The van der Waals surface area contributed by atoms with Crippen LogP contribution in [0.2, 0.25) is 0 Å². The molecule has 0 unspecified atom stereocenters. The number of carbonyl (C=O) groups is 1. The number of hydrogen-bond donors (Lipinski definition) is 1. The number of nitrogens with two attached hydrogens (primary N) is 1. The van der Waals surface area contributed by atoms with Gasteiger partial charge < -0.3 is 9.47 Å². The molecule has 0 aromatic carbocycles. The fraction of sp³-hybridized carbons (Fsp3) is 0.643. The lowest BCUT2D eigenvalue weighted by molar-refractivity contribution is 0.0711. The molecule has 0 radical (unpaired) electrons. The molecule has 1 aromatic heterocycles. The largest absolute Gasteiger partial charge is 0.342 e. The van der Waals surface area contributed by atoms with Gasteiger partial charge in [0.25, 0.3) is 5.91 Å². The lowest BCUT2D eigenvalue weighted by Crippen LogP contribution is -2.37. The average molecular weight is 313 g/mol. The van der Waals surface area contributed by atoms with Crippen molar-refractivity contribution in [3.63, 3.8) is 0 Å². The summed E-state index contributed by atoms with van der Waals surface area (Å²) in [4.78, 5) is 14.6. The van der Waals surface area contributed by atoms with Gasteiger partial charge in [-0.05, 0) is 31.7 Å². The molecule has 6 nitrogen and oxygen atoms in total. The zero-order valence-corrected chi connectivity index (χ0v) is 13.6. The first-order chi connectivity index (χ1) is 9.74. The Morgan fingerprint density at radius 1 is 1.48 bits per heavy atom. The van der Waals surface area contributed by atoms with Crippen LogP contribution in [0.25, 0.3) is 0 Å². The van der Waals surface area contributed by atoms with Crippen molar-refractivity contribution in [2.75, 3.05) is 6.54 Å². The fourth-order valence-corrected chi connectivity index (χ4v) is 2.95. The smallest absolute Gasteiger partial charge is 0.270 e. The summed E-state index contributed by atoms with van der Waals surface area (Å²) in [6.45, 7) is 7.21. The van der Waals surface area contributed by atoms with Crippen LogP contribution in [-0.4, -0.2) is 36.4 Å². The first-order valence-corrected chi connectivity index (χ1v) is 8.82. The molecular formula is C14H23N3O3S. The Morgan fingerprint density at radius 3 is 2.52 bits per heavy atom. The van der Waals surface area contributed by atoms with Crippen LogP contribution in [0.4, 0.5) is 0 Å². The second-order valence-corrected chi connectivity index (χ2v) is 7.54. The van der Waals surface area contributed by atoms with Crippen molar-refractivity contribution in [2.24, 2.45) is 11.1 Å². The maximum Gasteiger partial charge on any atom is 0.270 e. The zero-order valence-electron chi connectivity index (χ0n) is 12.7. The molecule has 0 spiro atoms. The SMILES string of the molecule is CCn1cc(S(N)(=O)=O)cc1C(=O)N(CC(C)C)C1CC1. The number of amides is 1. The van der Waals surface area contributed by atoms with Gasteiger partial charge in [-0.25, -0.2) is 13.6 Å². The van der Waals surface area contributed by atoms with Crippen LogP contribution in [-0.2, 0) is 16.6 Å². The molecule has 1 saturated carbocycles. The molecule has 1 fully saturated rings. The summed E-state index contributed by atoms with van der Waals surface area (Å²) in [5.74, 6) is 0.264. The first-order valence-electron chi connectivity index (χ1n) is 7.28. The number of sulfonamides is 1. The van der Waals surface area contributed by atoms with E-state index in [2.05, 4.69) is 13.8 Å². The molecule has 1 heterocycles. The summed E-state index contributed by atoms with van der Waals surface area (Å²) >= 11 is 0. The van der Waals surface area contributed by atoms with E-state index in [1.807, 2.05) is 11.8 Å². The lowest BCUT2D eigenvalue weighted by Gasteiger charge is -2.24. The minimum Gasteiger partial charge on any atom is -0.342 e. The molecule has 1 aliphatic rings. The van der Waals surface area contributed by atoms with Gasteiger partial charge in [0.05, 0.1) is 0 Å². The third-order valence-electron chi connectivity index (χ3n) is 3.57. The van der Waals surface area contributed by atoms with Gasteiger partial charge in [-0.2, -0.15) is 0 Å². The van der Waals surface area contributed by atoms with E-state index in [1.54, 1.807) is 4.57 Å². The Balaban J connectivity index is 2.34. The standard InChI is InChI=1S/C14H23N3O3S/c1-4-16-9-12(21(15,19)20)7-13(16)14(18)17(8-10(2)3)11-5-6-11/h7,9-11H,4-6,8H2,1-3H3,(H2,15,19,20). The van der Waals surface area contributed by atoms with Gasteiger partial charge in [0, 0.05) is 25.3 Å². The quantitative estimate of drug-likeness (QED) is 0.861. The Bertz CT molecular complexity index is 630. The lowest BCUT2D eigenvalue weighted by atomic mass is 10.2. The number of rotatable bonds is 6. The Kier molecular flexibility index (Phi) is 4.43. The number of nitrogens with zero attached hydrogens (tertiary/aromatic N) is 2. The van der Waals surface area contributed by atoms with Gasteiger partial charge in [-0.3, -0.25) is 4.79 Å². The molecule has 0 saturated heterocycles. The molecule has 0 aliphatic heterocycles. The number of hydrogen-bond acceptors (Lipinski definition) is 3. The molecular weight excluding hydrogens is 290 g/mol. The normalized spacial score (nSPS) is 15.5. The van der Waals surface area contributed by atoms with E-state index in [9.17, 15) is 13.2 Å². The van der Waals surface area contributed by atoms with Gasteiger partial charge in [-0.15, -0.1) is 0 Å². The molecule has 2 N–H and O–H groups in total.